The number of nitrogens with one attached hydrogen (secondary N) is 1. The highest BCUT2D eigenvalue weighted by molar-refractivity contribution is 5.86. The Morgan fingerprint density at radius 3 is 2.46 bits per heavy atom. The zero-order chi connectivity index (χ0) is 20.9. The van der Waals surface area contributed by atoms with Crippen molar-refractivity contribution in [3.05, 3.63) is 35.4 Å². The van der Waals surface area contributed by atoms with E-state index in [2.05, 4.69) is 15.1 Å². The van der Waals surface area contributed by atoms with Gasteiger partial charge in [0, 0.05) is 19.5 Å². The van der Waals surface area contributed by atoms with Gasteiger partial charge in [-0.25, -0.2) is 9.59 Å². The van der Waals surface area contributed by atoms with E-state index >= 15 is 0 Å². The molecule has 1 aromatic carbocycles. The van der Waals surface area contributed by atoms with Crippen LogP contribution in [0, 0.1) is 5.92 Å². The summed E-state index contributed by atoms with van der Waals surface area (Å²) in [5, 5.41) is 2.60. The number of carbonyl (C=O) groups excluding carboxylic acids is 3. The topological polar surface area (TPSA) is 94.2 Å². The molecule has 0 aromatic heterocycles. The van der Waals surface area contributed by atoms with Crippen LogP contribution in [0.1, 0.15) is 38.8 Å². The molecule has 8 nitrogen and oxygen atoms in total. The molecular weight excluding hydrogens is 364 g/mol. The van der Waals surface area contributed by atoms with Crippen molar-refractivity contribution in [2.45, 2.75) is 52.3 Å². The van der Waals surface area contributed by atoms with E-state index in [4.69, 9.17) is 4.74 Å². The SMILES string of the molecule is COOC(=O)[C@@H]1Cc2ccccc2CN1C(=O)C(C)CNC(=O)OC(C)(C)C. The average Bonchev–Trinajstić information content (AvgIpc) is 2.63. The molecule has 1 N–H and O–H groups in total. The van der Waals surface area contributed by atoms with Gasteiger partial charge in [-0.3, -0.25) is 9.68 Å². The van der Waals surface area contributed by atoms with Gasteiger partial charge in [-0.2, -0.15) is 4.89 Å². The highest BCUT2D eigenvalue weighted by atomic mass is 17.2. The molecule has 154 valence electrons. The van der Waals surface area contributed by atoms with Gasteiger partial charge in [-0.15, -0.1) is 0 Å². The van der Waals surface area contributed by atoms with Gasteiger partial charge < -0.3 is 15.0 Å². The lowest BCUT2D eigenvalue weighted by atomic mass is 9.93. The van der Waals surface area contributed by atoms with E-state index in [1.807, 2.05) is 24.3 Å². The quantitative estimate of drug-likeness (QED) is 0.610. The minimum Gasteiger partial charge on any atom is -0.444 e. The van der Waals surface area contributed by atoms with E-state index in [1.165, 1.54) is 12.0 Å². The van der Waals surface area contributed by atoms with Crippen molar-refractivity contribution in [3.8, 4) is 0 Å². The van der Waals surface area contributed by atoms with Gasteiger partial charge in [-0.1, -0.05) is 31.2 Å². The first-order chi connectivity index (χ1) is 13.1. The Kier molecular flexibility index (Phi) is 7.01. The van der Waals surface area contributed by atoms with E-state index in [-0.39, 0.29) is 19.0 Å². The van der Waals surface area contributed by atoms with E-state index in [1.54, 1.807) is 27.7 Å². The molecule has 1 heterocycles. The van der Waals surface area contributed by atoms with Gasteiger partial charge >= 0.3 is 12.1 Å². The molecule has 0 bridgehead atoms. The lowest BCUT2D eigenvalue weighted by Gasteiger charge is -2.36. The minimum absolute atomic E-state index is 0.0952. The molecular formula is C20H28N2O6. The van der Waals surface area contributed by atoms with Crippen LogP contribution in [0.2, 0.25) is 0 Å². The lowest BCUT2D eigenvalue weighted by Crippen LogP contribution is -2.52. The third-order valence-electron chi connectivity index (χ3n) is 4.34. The average molecular weight is 392 g/mol. The standard InChI is InChI=1S/C20H28N2O6/c1-13(11-21-19(25)27-20(2,3)4)17(23)22-12-15-9-7-6-8-14(15)10-16(22)18(24)28-26-5/h6-9,13,16H,10-12H2,1-5H3,(H,21,25)/t13?,16-/m0/s1. The molecule has 0 spiro atoms. The van der Waals surface area contributed by atoms with Gasteiger partial charge in [0.2, 0.25) is 5.91 Å². The van der Waals surface area contributed by atoms with Crippen molar-refractivity contribution in [3.63, 3.8) is 0 Å². The molecule has 1 aromatic rings. The first-order valence-electron chi connectivity index (χ1n) is 9.21. The van der Waals surface area contributed by atoms with Crippen molar-refractivity contribution in [1.29, 1.82) is 0 Å². The van der Waals surface area contributed by atoms with Crippen LogP contribution in [-0.4, -0.2) is 48.2 Å². The molecule has 0 saturated carbocycles. The third kappa shape index (κ3) is 5.69. The summed E-state index contributed by atoms with van der Waals surface area (Å²) in [6, 6.07) is 6.85. The van der Waals surface area contributed by atoms with Crippen LogP contribution in [0.25, 0.3) is 0 Å². The summed E-state index contributed by atoms with van der Waals surface area (Å²) >= 11 is 0. The summed E-state index contributed by atoms with van der Waals surface area (Å²) in [5.41, 5.74) is 1.34. The molecule has 2 atom stereocenters. The number of fused-ring (bicyclic) bond motifs is 1. The van der Waals surface area contributed by atoms with Crippen LogP contribution in [0.3, 0.4) is 0 Å². The Balaban J connectivity index is 2.09. The Morgan fingerprint density at radius 2 is 1.86 bits per heavy atom. The maximum Gasteiger partial charge on any atom is 0.407 e. The fourth-order valence-electron chi connectivity index (χ4n) is 3.02. The molecule has 1 aliphatic heterocycles. The van der Waals surface area contributed by atoms with E-state index in [0.717, 1.165) is 11.1 Å². The number of hydrogen-bond acceptors (Lipinski definition) is 6. The summed E-state index contributed by atoms with van der Waals surface area (Å²) in [6.07, 6.45) is -0.248. The number of carbonyl (C=O) groups is 3. The zero-order valence-electron chi connectivity index (χ0n) is 17.0. The van der Waals surface area contributed by atoms with E-state index in [0.29, 0.717) is 6.42 Å². The second-order valence-corrected chi connectivity index (χ2v) is 7.81. The lowest BCUT2D eigenvalue weighted by molar-refractivity contribution is -0.259. The number of nitrogens with zero attached hydrogens (tertiary/aromatic N) is 1. The molecule has 0 saturated heterocycles. The van der Waals surface area contributed by atoms with Gasteiger partial charge in [-0.05, 0) is 31.9 Å². The Bertz CT molecular complexity index is 728. The van der Waals surface area contributed by atoms with E-state index < -0.39 is 29.6 Å². The van der Waals surface area contributed by atoms with Crippen molar-refractivity contribution in [2.75, 3.05) is 13.7 Å². The van der Waals surface area contributed by atoms with Gasteiger partial charge in [0.15, 0.2) is 0 Å². The van der Waals surface area contributed by atoms with Crippen molar-refractivity contribution >= 4 is 18.0 Å². The number of benzene rings is 1. The first kappa shape index (κ1) is 21.7. The molecule has 28 heavy (non-hydrogen) atoms. The molecule has 0 fully saturated rings. The maximum atomic E-state index is 13.0. The van der Waals surface area contributed by atoms with Crippen LogP contribution in [-0.2, 0) is 37.1 Å². The van der Waals surface area contributed by atoms with Crippen LogP contribution in [0.5, 0.6) is 0 Å². The Hall–Kier alpha value is -2.61. The van der Waals surface area contributed by atoms with Gasteiger partial charge in [0.05, 0.1) is 13.0 Å². The smallest absolute Gasteiger partial charge is 0.407 e. The van der Waals surface area contributed by atoms with Crippen molar-refractivity contribution < 1.29 is 28.9 Å². The van der Waals surface area contributed by atoms with Crippen LogP contribution in [0.15, 0.2) is 24.3 Å². The predicted molar refractivity (Wildman–Crippen MR) is 101 cm³/mol. The molecule has 0 radical (unpaired) electrons. The first-order valence-corrected chi connectivity index (χ1v) is 9.21. The van der Waals surface area contributed by atoms with Gasteiger partial charge in [0.25, 0.3) is 0 Å². The predicted octanol–water partition coefficient (Wildman–Crippen LogP) is 2.21. The van der Waals surface area contributed by atoms with Crippen LogP contribution in [0.4, 0.5) is 4.79 Å². The highest BCUT2D eigenvalue weighted by Gasteiger charge is 2.37. The molecule has 0 aliphatic carbocycles. The number of hydrogen-bond donors (Lipinski definition) is 1. The zero-order valence-corrected chi connectivity index (χ0v) is 17.0. The fourth-order valence-corrected chi connectivity index (χ4v) is 3.02. The highest BCUT2D eigenvalue weighted by Crippen LogP contribution is 2.25. The largest absolute Gasteiger partial charge is 0.444 e. The second kappa shape index (κ2) is 9.05. The van der Waals surface area contributed by atoms with Crippen LogP contribution >= 0.6 is 0 Å². The van der Waals surface area contributed by atoms with Crippen molar-refractivity contribution in [2.24, 2.45) is 5.92 Å². The summed E-state index contributed by atoms with van der Waals surface area (Å²) in [5.74, 6) is -1.43. The summed E-state index contributed by atoms with van der Waals surface area (Å²) in [4.78, 5) is 47.8. The third-order valence-corrected chi connectivity index (χ3v) is 4.34. The minimum atomic E-state index is -0.786. The number of rotatable bonds is 5. The van der Waals surface area contributed by atoms with Crippen molar-refractivity contribution in [1.82, 2.24) is 10.2 Å². The molecule has 8 heteroatoms. The maximum absolute atomic E-state index is 13.0. The molecule has 1 unspecified atom stereocenters. The fraction of sp³-hybridized carbons (Fsp3) is 0.550. The Labute approximate surface area is 165 Å². The number of ether oxygens (including phenoxy) is 1. The molecule has 2 rings (SSSR count). The normalized spacial score (nSPS) is 17.3. The number of amides is 2. The Morgan fingerprint density at radius 1 is 1.21 bits per heavy atom. The molecule has 1 aliphatic rings. The summed E-state index contributed by atoms with van der Waals surface area (Å²) < 4.78 is 5.19. The van der Waals surface area contributed by atoms with Crippen LogP contribution < -0.4 is 5.32 Å². The summed E-state index contributed by atoms with van der Waals surface area (Å²) in [6.45, 7) is 7.36. The monoisotopic (exact) mass is 392 g/mol. The number of alkyl carbamates (subject to hydrolysis) is 1. The molecule has 2 amide bonds. The summed E-state index contributed by atoms with van der Waals surface area (Å²) in [7, 11) is 1.24. The van der Waals surface area contributed by atoms with E-state index in [9.17, 15) is 14.4 Å². The second-order valence-electron chi connectivity index (χ2n) is 7.81. The van der Waals surface area contributed by atoms with Gasteiger partial charge in [0.1, 0.15) is 11.6 Å².